The molecule has 0 aliphatic carbocycles. The molecule has 0 saturated carbocycles. The van der Waals surface area contributed by atoms with Crippen LogP contribution in [0.2, 0.25) is 10.0 Å². The Hall–Kier alpha value is -2.49. The second kappa shape index (κ2) is 18.0. The van der Waals surface area contributed by atoms with Crippen molar-refractivity contribution in [1.29, 1.82) is 0 Å². The van der Waals surface area contributed by atoms with Crippen LogP contribution in [-0.2, 0) is 9.59 Å². The number of rotatable bonds is 2. The topological polar surface area (TPSA) is 98.6 Å². The van der Waals surface area contributed by atoms with Crippen molar-refractivity contribution >= 4 is 77.1 Å². The Kier molecular flexibility index (Phi) is 17.8. The van der Waals surface area contributed by atoms with Crippen molar-refractivity contribution in [3.05, 3.63) is 57.6 Å². The van der Waals surface area contributed by atoms with Gasteiger partial charge in [0, 0.05) is 52.9 Å². The molecule has 8 nitrogen and oxygen atoms in total. The fourth-order valence-electron chi connectivity index (χ4n) is 3.60. The maximum Gasteiger partial charge on any atom is 0.225 e. The molecule has 2 aromatic carbocycles. The molecule has 2 N–H and O–H groups in total. The van der Waals surface area contributed by atoms with Crippen LogP contribution in [-0.4, -0.2) is 74.3 Å². The van der Waals surface area contributed by atoms with Gasteiger partial charge in [-0.25, -0.2) is 4.58 Å². The molecule has 0 bridgehead atoms. The highest BCUT2D eigenvalue weighted by Crippen LogP contribution is 2.28. The molecule has 1 atom stereocenters. The lowest BCUT2D eigenvalue weighted by molar-refractivity contribution is -0.454. The fourth-order valence-corrected chi connectivity index (χ4v) is 3.94. The first-order chi connectivity index (χ1) is 16.9. The molecule has 12 heteroatoms. The predicted molar refractivity (Wildman–Crippen MR) is 158 cm³/mol. The monoisotopic (exact) mass is 620 g/mol. The van der Waals surface area contributed by atoms with Crippen LogP contribution in [0.3, 0.4) is 0 Å². The lowest BCUT2D eigenvalue weighted by Crippen LogP contribution is -3.00. The highest BCUT2D eigenvalue weighted by Gasteiger charge is 2.29. The lowest BCUT2D eigenvalue weighted by Gasteiger charge is -2.17. The van der Waals surface area contributed by atoms with E-state index in [0.29, 0.717) is 39.1 Å². The Morgan fingerprint density at radius 2 is 1.36 bits per heavy atom. The number of anilines is 2. The molecule has 216 valence electrons. The number of hydrogen-bond acceptors (Lipinski definition) is 5. The Morgan fingerprint density at radius 1 is 0.897 bits per heavy atom. The van der Waals surface area contributed by atoms with Gasteiger partial charge >= 0.3 is 0 Å². The van der Waals surface area contributed by atoms with E-state index in [-0.39, 0.29) is 80.8 Å². The van der Waals surface area contributed by atoms with Crippen molar-refractivity contribution in [3.63, 3.8) is 0 Å². The van der Waals surface area contributed by atoms with E-state index in [4.69, 9.17) is 23.2 Å². The number of hydrogen-bond donors (Lipinski definition) is 2. The predicted octanol–water partition coefficient (Wildman–Crippen LogP) is 2.32. The van der Waals surface area contributed by atoms with Gasteiger partial charge in [-0.2, -0.15) is 0 Å². The molecule has 0 saturated heterocycles. The first kappa shape index (κ1) is 38.7. The van der Waals surface area contributed by atoms with E-state index in [0.717, 1.165) is 0 Å². The number of Topliss-reactive ketones (excluding diaryl/α,β-unsaturated/α-hetero) is 2. The Bertz CT molecular complexity index is 1180. The average molecular weight is 622 g/mol. The molecule has 2 amide bonds. The highest BCUT2D eigenvalue weighted by molar-refractivity contribution is 6.31. The van der Waals surface area contributed by atoms with Crippen molar-refractivity contribution in [1.82, 2.24) is 4.90 Å². The lowest BCUT2D eigenvalue weighted by atomic mass is 9.95. The molecule has 2 aliphatic heterocycles. The number of halogens is 4. The van der Waals surface area contributed by atoms with Crippen LogP contribution in [0.15, 0.2) is 36.4 Å². The second-order valence-electron chi connectivity index (χ2n) is 9.01. The Labute approximate surface area is 252 Å². The van der Waals surface area contributed by atoms with Gasteiger partial charge in [0.1, 0.15) is 20.8 Å². The van der Waals surface area contributed by atoms with Crippen LogP contribution in [0.4, 0.5) is 11.4 Å². The number of carbonyl (C=O) groups excluding carboxylic acids is 4. The van der Waals surface area contributed by atoms with E-state index in [2.05, 4.69) is 17.4 Å². The normalized spacial score (nSPS) is 15.3. The van der Waals surface area contributed by atoms with E-state index >= 15 is 0 Å². The van der Waals surface area contributed by atoms with E-state index in [1.807, 2.05) is 33.1 Å². The smallest absolute Gasteiger partial charge is 0.225 e. The van der Waals surface area contributed by atoms with E-state index < -0.39 is 0 Å². The van der Waals surface area contributed by atoms with Gasteiger partial charge in [0.25, 0.3) is 0 Å². The number of amides is 2. The number of fused-ring (bicyclic) bond motifs is 2. The van der Waals surface area contributed by atoms with Gasteiger partial charge in [-0.15, -0.1) is 12.4 Å². The third-order valence-corrected chi connectivity index (χ3v) is 5.51. The van der Waals surface area contributed by atoms with Crippen LogP contribution in [0.25, 0.3) is 0 Å². The number of carbonyl (C=O) groups is 4. The molecule has 39 heavy (non-hydrogen) atoms. The highest BCUT2D eigenvalue weighted by atomic mass is 35.5. The molecule has 2 aliphatic rings. The molecular weight excluding hydrogens is 586 g/mol. The summed E-state index contributed by atoms with van der Waals surface area (Å²) in [4.78, 5) is 48.8. The zero-order valence-electron chi connectivity index (χ0n) is 21.6. The van der Waals surface area contributed by atoms with E-state index in [1.54, 1.807) is 41.0 Å². The van der Waals surface area contributed by atoms with Crippen LogP contribution in [0.1, 0.15) is 47.4 Å². The Morgan fingerprint density at radius 3 is 1.87 bits per heavy atom. The minimum atomic E-state index is -0.303. The molecule has 1 unspecified atom stereocenters. The molecule has 0 aromatic heterocycles. The fraction of sp³-hybridized carbons (Fsp3) is 0.370. The first-order valence-corrected chi connectivity index (χ1v) is 12.0. The van der Waals surface area contributed by atoms with Crippen LogP contribution >= 0.6 is 35.6 Å². The largest absolute Gasteiger partial charge is 1.00 e. The summed E-state index contributed by atoms with van der Waals surface area (Å²) in [5, 5.41) is 6.40. The van der Waals surface area contributed by atoms with Gasteiger partial charge in [-0.05, 0) is 50.5 Å². The standard InChI is InChI=1S/C13H15ClN2O2.C10H8ClNO2.C3H8N.CH4.2ClH/c1-16(2)7-8-5-12(17)15-11-6-9(14)3-4-10(11)13(8)18;11-6-1-2-7-8(5-6)12-10(14)4-3-9(7)13;1-4(2)3;;;/h3-4,6,8H,5,7H2,1-2H3,(H,15,17);1-2,5H,3-4H2,(H,12,14);1H2,2-3H3;1H4;2*1H/q;;+1;;;/p-1. The summed E-state index contributed by atoms with van der Waals surface area (Å²) >= 11 is 11.6. The van der Waals surface area contributed by atoms with Gasteiger partial charge < -0.3 is 27.9 Å². The summed E-state index contributed by atoms with van der Waals surface area (Å²) in [5.41, 5.74) is 2.11. The van der Waals surface area contributed by atoms with Crippen LogP contribution in [0.5, 0.6) is 0 Å². The molecular formula is C27H36Cl4N4O4. The second-order valence-corrected chi connectivity index (χ2v) is 9.88. The van der Waals surface area contributed by atoms with Crippen LogP contribution < -0.4 is 23.0 Å². The molecule has 0 fully saturated rings. The SMILES string of the molecule is C.C=[N+](C)C.CN(C)CC1CC(=O)Nc2cc(Cl)ccc2C1=O.Cl.O=C1CCC(=O)c2ccc(Cl)cc2N1.[Cl-]. The maximum atomic E-state index is 12.4. The van der Waals surface area contributed by atoms with Gasteiger partial charge in [0.2, 0.25) is 11.8 Å². The van der Waals surface area contributed by atoms with Gasteiger partial charge in [0.15, 0.2) is 11.6 Å². The summed E-state index contributed by atoms with van der Waals surface area (Å²) < 4.78 is 1.75. The van der Waals surface area contributed by atoms with Crippen molar-refractivity contribution < 1.29 is 36.2 Å². The van der Waals surface area contributed by atoms with Crippen molar-refractivity contribution in [2.75, 3.05) is 45.4 Å². The summed E-state index contributed by atoms with van der Waals surface area (Å²) in [6.45, 7) is 4.04. The molecule has 0 radical (unpaired) electrons. The third kappa shape index (κ3) is 12.5. The average Bonchev–Trinajstić information content (AvgIpc) is 2.96. The maximum absolute atomic E-state index is 12.4. The quantitative estimate of drug-likeness (QED) is 0.396. The first-order valence-electron chi connectivity index (χ1n) is 11.3. The molecule has 4 rings (SSSR count). The van der Waals surface area contributed by atoms with Gasteiger partial charge in [-0.1, -0.05) is 30.6 Å². The number of nitrogens with one attached hydrogen (secondary N) is 2. The zero-order valence-corrected chi connectivity index (χ0v) is 24.7. The van der Waals surface area contributed by atoms with Crippen molar-refractivity contribution in [2.45, 2.75) is 26.7 Å². The number of ketones is 2. The zero-order chi connectivity index (χ0) is 27.0. The van der Waals surface area contributed by atoms with Gasteiger partial charge in [0.05, 0.1) is 11.4 Å². The van der Waals surface area contributed by atoms with Crippen LogP contribution in [0, 0.1) is 5.92 Å². The molecule has 2 aromatic rings. The summed E-state index contributed by atoms with van der Waals surface area (Å²) in [7, 11) is 7.55. The summed E-state index contributed by atoms with van der Waals surface area (Å²) in [6.07, 6.45) is 0.717. The number of nitrogens with zero attached hydrogens (tertiary/aromatic N) is 2. The molecule has 2 heterocycles. The van der Waals surface area contributed by atoms with Crippen molar-refractivity contribution in [2.24, 2.45) is 5.92 Å². The third-order valence-electron chi connectivity index (χ3n) is 5.04. The van der Waals surface area contributed by atoms with Gasteiger partial charge in [-0.3, -0.25) is 19.2 Å². The minimum absolute atomic E-state index is 0. The summed E-state index contributed by atoms with van der Waals surface area (Å²) in [5.74, 6) is -0.609. The minimum Gasteiger partial charge on any atom is -1.00 e. The van der Waals surface area contributed by atoms with E-state index in [9.17, 15) is 19.2 Å². The number of benzene rings is 2. The van der Waals surface area contributed by atoms with E-state index in [1.165, 1.54) is 0 Å². The van der Waals surface area contributed by atoms with Crippen molar-refractivity contribution in [3.8, 4) is 0 Å². The Balaban J connectivity index is 0. The molecule has 0 spiro atoms. The summed E-state index contributed by atoms with van der Waals surface area (Å²) in [6, 6.07) is 9.85.